The number of carbonyl (C=O) groups is 3. The largest absolute Gasteiger partial charge is 0.481 e. The van der Waals surface area contributed by atoms with Crippen molar-refractivity contribution < 1.29 is 39.9 Å². The number of carboxylic acid groups (broad SMARTS) is 1. The van der Waals surface area contributed by atoms with E-state index in [0.717, 1.165) is 0 Å². The van der Waals surface area contributed by atoms with Crippen LogP contribution in [0.5, 0.6) is 0 Å². The highest BCUT2D eigenvalue weighted by atomic mass is 16.4. The molecule has 0 saturated carbocycles. The summed E-state index contributed by atoms with van der Waals surface area (Å²) < 4.78 is 0. The molecule has 1 rings (SSSR count). The highest BCUT2D eigenvalue weighted by molar-refractivity contribution is 5.83. The zero-order chi connectivity index (χ0) is 24.4. The molecule has 0 bridgehead atoms. The van der Waals surface area contributed by atoms with E-state index in [0.29, 0.717) is 12.0 Å². The molecule has 2 amide bonds. The maximum atomic E-state index is 12.4. The smallest absolute Gasteiger partial charge is 0.305 e. The summed E-state index contributed by atoms with van der Waals surface area (Å²) in [6, 6.07) is 4.85. The van der Waals surface area contributed by atoms with E-state index in [1.54, 1.807) is 30.3 Å². The average Bonchev–Trinajstić information content (AvgIpc) is 2.74. The molecular formula is C21H33N3O8. The van der Waals surface area contributed by atoms with Crippen LogP contribution in [-0.2, 0) is 14.4 Å². The van der Waals surface area contributed by atoms with E-state index in [1.807, 2.05) is 13.8 Å². The molecule has 32 heavy (non-hydrogen) atoms. The fourth-order valence-corrected chi connectivity index (χ4v) is 3.09. The first-order chi connectivity index (χ1) is 15.0. The number of nitrogens with two attached hydrogens (primary N) is 1. The molecule has 1 aromatic rings. The van der Waals surface area contributed by atoms with E-state index in [1.165, 1.54) is 0 Å². The second-order valence-corrected chi connectivity index (χ2v) is 8.03. The summed E-state index contributed by atoms with van der Waals surface area (Å²) in [4.78, 5) is 35.7. The molecule has 9 N–H and O–H groups in total. The van der Waals surface area contributed by atoms with Gasteiger partial charge in [0.1, 0.15) is 12.2 Å². The molecule has 11 nitrogen and oxygen atoms in total. The van der Waals surface area contributed by atoms with Crippen LogP contribution < -0.4 is 16.4 Å². The van der Waals surface area contributed by atoms with Crippen LogP contribution in [-0.4, -0.2) is 80.3 Å². The normalized spacial score (nSPS) is 17.0. The van der Waals surface area contributed by atoms with Crippen molar-refractivity contribution >= 4 is 17.8 Å². The van der Waals surface area contributed by atoms with Crippen LogP contribution in [0.3, 0.4) is 0 Å². The molecule has 0 radical (unpaired) electrons. The Hall–Kier alpha value is -2.57. The maximum Gasteiger partial charge on any atom is 0.305 e. The number of benzene rings is 1. The third-order valence-corrected chi connectivity index (χ3v) is 4.84. The molecule has 0 aliphatic heterocycles. The number of hydrogen-bond acceptors (Lipinski definition) is 8. The third-order valence-electron chi connectivity index (χ3n) is 4.84. The zero-order valence-electron chi connectivity index (χ0n) is 18.1. The van der Waals surface area contributed by atoms with Gasteiger partial charge < -0.3 is 41.9 Å². The first kappa shape index (κ1) is 27.5. The predicted molar refractivity (Wildman–Crippen MR) is 114 cm³/mol. The average molecular weight is 456 g/mol. The molecule has 0 saturated heterocycles. The molecule has 0 heterocycles. The van der Waals surface area contributed by atoms with Gasteiger partial charge in [-0.2, -0.15) is 0 Å². The Bertz CT molecular complexity index is 746. The van der Waals surface area contributed by atoms with Crippen molar-refractivity contribution in [3.05, 3.63) is 35.9 Å². The number of aliphatic hydroxyl groups excluding tert-OH is 4. The van der Waals surface area contributed by atoms with Gasteiger partial charge in [0.25, 0.3) is 5.91 Å². The predicted octanol–water partition coefficient (Wildman–Crippen LogP) is -1.75. The summed E-state index contributed by atoms with van der Waals surface area (Å²) in [6.07, 6.45) is -6.30. The number of nitrogens with one attached hydrogen (secondary N) is 2. The van der Waals surface area contributed by atoms with Gasteiger partial charge in [-0.1, -0.05) is 44.2 Å². The summed E-state index contributed by atoms with van der Waals surface area (Å²) in [5.74, 6) is -2.89. The van der Waals surface area contributed by atoms with Gasteiger partial charge in [-0.15, -0.1) is 0 Å². The maximum absolute atomic E-state index is 12.4. The Kier molecular flexibility index (Phi) is 11.2. The van der Waals surface area contributed by atoms with Gasteiger partial charge in [0.15, 0.2) is 6.10 Å². The fraction of sp³-hybridized carbons (Fsp3) is 0.571. The van der Waals surface area contributed by atoms with Crippen molar-refractivity contribution in [2.75, 3.05) is 6.61 Å². The van der Waals surface area contributed by atoms with E-state index in [4.69, 9.17) is 10.8 Å². The zero-order valence-corrected chi connectivity index (χ0v) is 18.1. The number of carboxylic acids is 1. The van der Waals surface area contributed by atoms with Crippen LogP contribution in [0.25, 0.3) is 0 Å². The van der Waals surface area contributed by atoms with E-state index >= 15 is 0 Å². The van der Waals surface area contributed by atoms with Gasteiger partial charge in [0.2, 0.25) is 5.91 Å². The van der Waals surface area contributed by atoms with Crippen molar-refractivity contribution in [1.82, 2.24) is 10.6 Å². The van der Waals surface area contributed by atoms with Crippen molar-refractivity contribution in [2.24, 2.45) is 11.7 Å². The van der Waals surface area contributed by atoms with E-state index in [2.05, 4.69) is 10.6 Å². The molecule has 0 aromatic heterocycles. The van der Waals surface area contributed by atoms with Crippen LogP contribution in [0.15, 0.2) is 30.3 Å². The van der Waals surface area contributed by atoms with Gasteiger partial charge in [-0.25, -0.2) is 0 Å². The fourth-order valence-electron chi connectivity index (χ4n) is 3.09. The first-order valence-electron chi connectivity index (χ1n) is 10.3. The second-order valence-electron chi connectivity index (χ2n) is 8.03. The van der Waals surface area contributed by atoms with E-state index in [-0.39, 0.29) is 5.92 Å². The van der Waals surface area contributed by atoms with Gasteiger partial charge >= 0.3 is 5.97 Å². The number of aliphatic hydroxyl groups is 4. The van der Waals surface area contributed by atoms with Gasteiger partial charge in [-0.05, 0) is 17.9 Å². The molecule has 11 heteroatoms. The Balaban J connectivity index is 2.83. The van der Waals surface area contributed by atoms with Crippen LogP contribution in [0, 0.1) is 5.92 Å². The molecule has 0 aliphatic rings. The number of aliphatic carboxylic acids is 1. The minimum Gasteiger partial charge on any atom is -0.481 e. The Morgan fingerprint density at radius 3 is 2.06 bits per heavy atom. The summed E-state index contributed by atoms with van der Waals surface area (Å²) in [5.41, 5.74) is 6.22. The molecule has 0 unspecified atom stereocenters. The second kappa shape index (κ2) is 13.1. The SMILES string of the molecule is CC(C)C[C@H](N)C(=O)N[C@H](CO)[C@H](O)[C@H](O)[C@@H](O)C(=O)N[C@H](CC(=O)O)c1ccccc1. The van der Waals surface area contributed by atoms with Crippen LogP contribution in [0.2, 0.25) is 0 Å². The Labute approximate surface area is 186 Å². The summed E-state index contributed by atoms with van der Waals surface area (Å²) in [5, 5.41) is 54.0. The van der Waals surface area contributed by atoms with Crippen LogP contribution in [0.1, 0.15) is 38.3 Å². The molecule has 1 aromatic carbocycles. The Morgan fingerprint density at radius 1 is 0.969 bits per heavy atom. The van der Waals surface area contributed by atoms with Crippen molar-refractivity contribution in [2.45, 2.75) is 63.1 Å². The monoisotopic (exact) mass is 455 g/mol. The van der Waals surface area contributed by atoms with Gasteiger partial charge in [-0.3, -0.25) is 14.4 Å². The standard InChI is InChI=1S/C21H33N3O8/c1-11(2)8-13(22)20(31)24-15(10-25)17(28)18(29)19(30)21(32)23-14(9-16(26)27)12-6-4-3-5-7-12/h3-7,11,13-15,17-19,25,28-30H,8-10,22H2,1-2H3,(H,23,32)(H,24,31)(H,26,27)/t13-,14+,15+,17-,18-,19+/m0/s1. The number of hydrogen-bond donors (Lipinski definition) is 8. The quantitative estimate of drug-likeness (QED) is 0.170. The van der Waals surface area contributed by atoms with Crippen molar-refractivity contribution in [3.8, 4) is 0 Å². The third kappa shape index (κ3) is 8.52. The molecule has 6 atom stereocenters. The molecule has 0 fully saturated rings. The molecule has 0 spiro atoms. The summed E-state index contributed by atoms with van der Waals surface area (Å²) in [6.45, 7) is 2.92. The van der Waals surface area contributed by atoms with Crippen molar-refractivity contribution in [3.63, 3.8) is 0 Å². The number of carbonyl (C=O) groups excluding carboxylic acids is 2. The topological polar surface area (TPSA) is 202 Å². The van der Waals surface area contributed by atoms with Gasteiger partial charge in [0.05, 0.1) is 31.2 Å². The first-order valence-corrected chi connectivity index (χ1v) is 10.3. The Morgan fingerprint density at radius 2 is 1.56 bits per heavy atom. The van der Waals surface area contributed by atoms with E-state index < -0.39 is 67.2 Å². The summed E-state index contributed by atoms with van der Waals surface area (Å²) in [7, 11) is 0. The van der Waals surface area contributed by atoms with Crippen molar-refractivity contribution in [1.29, 1.82) is 0 Å². The minimum absolute atomic E-state index is 0.118. The van der Waals surface area contributed by atoms with Gasteiger partial charge in [0, 0.05) is 0 Å². The highest BCUT2D eigenvalue weighted by Gasteiger charge is 2.37. The number of amides is 2. The number of rotatable bonds is 13. The molecular weight excluding hydrogens is 422 g/mol. The lowest BCUT2D eigenvalue weighted by Crippen LogP contribution is -2.58. The van der Waals surface area contributed by atoms with Crippen LogP contribution in [0.4, 0.5) is 0 Å². The lowest BCUT2D eigenvalue weighted by molar-refractivity contribution is -0.145. The lowest BCUT2D eigenvalue weighted by atomic mass is 9.98. The molecule has 0 aliphatic carbocycles. The van der Waals surface area contributed by atoms with E-state index in [9.17, 15) is 34.8 Å². The highest BCUT2D eigenvalue weighted by Crippen LogP contribution is 2.17. The lowest BCUT2D eigenvalue weighted by Gasteiger charge is -2.30. The van der Waals surface area contributed by atoms with Crippen LogP contribution >= 0.6 is 0 Å². The molecule has 180 valence electrons. The summed E-state index contributed by atoms with van der Waals surface area (Å²) >= 11 is 0. The minimum atomic E-state index is -2.17.